The molecule has 3 N–H and O–H groups in total. The molecule has 0 saturated carbocycles. The molecule has 0 aliphatic rings. The average molecular weight is 254 g/mol. The molecule has 1 aromatic rings. The zero-order valence-corrected chi connectivity index (χ0v) is 10.2. The zero-order valence-electron chi connectivity index (χ0n) is 10.2. The lowest BCUT2D eigenvalue weighted by Gasteiger charge is -2.13. The molecule has 1 rings (SSSR count). The Hall–Kier alpha value is -2.11. The highest BCUT2D eigenvalue weighted by Gasteiger charge is 2.20. The number of carbonyl (C=O) groups is 2. The number of nitrogens with one attached hydrogen (secondary N) is 1. The molecule has 1 amide bonds. The minimum Gasteiger partial charge on any atom is -0.449 e. The van der Waals surface area contributed by atoms with Crippen LogP contribution in [0.2, 0.25) is 0 Å². The summed E-state index contributed by atoms with van der Waals surface area (Å²) in [7, 11) is 0. The van der Waals surface area contributed by atoms with Gasteiger partial charge in [0.1, 0.15) is 5.82 Å². The maximum Gasteiger partial charge on any atom is 0.341 e. The van der Waals surface area contributed by atoms with Crippen molar-refractivity contribution in [3.05, 3.63) is 29.6 Å². The van der Waals surface area contributed by atoms with E-state index in [1.807, 2.05) is 0 Å². The monoisotopic (exact) mass is 254 g/mol. The summed E-state index contributed by atoms with van der Waals surface area (Å²) in [5.74, 6) is -1.84. The summed E-state index contributed by atoms with van der Waals surface area (Å²) < 4.78 is 17.9. The molecule has 6 heteroatoms. The molecule has 0 fully saturated rings. The van der Waals surface area contributed by atoms with Crippen LogP contribution in [-0.2, 0) is 9.53 Å². The number of rotatable bonds is 4. The highest BCUT2D eigenvalue weighted by Crippen LogP contribution is 2.15. The standard InChI is InChI=1S/C12H15FN2O3/c1-3-15-11(16)7(2)18-12(17)9-6-8(13)4-5-10(9)14/h4-7H,3,14H2,1-2H3,(H,15,16). The molecule has 0 bridgehead atoms. The number of carbonyl (C=O) groups excluding carboxylic acids is 2. The molecule has 0 radical (unpaired) electrons. The van der Waals surface area contributed by atoms with E-state index in [2.05, 4.69) is 5.32 Å². The Morgan fingerprint density at radius 2 is 2.17 bits per heavy atom. The number of hydrogen-bond donors (Lipinski definition) is 2. The maximum absolute atomic E-state index is 13.0. The highest BCUT2D eigenvalue weighted by molar-refractivity contribution is 5.96. The number of nitrogens with two attached hydrogens (primary N) is 1. The van der Waals surface area contributed by atoms with E-state index in [9.17, 15) is 14.0 Å². The summed E-state index contributed by atoms with van der Waals surface area (Å²) in [6.45, 7) is 3.61. The van der Waals surface area contributed by atoms with Crippen molar-refractivity contribution in [1.82, 2.24) is 5.32 Å². The van der Waals surface area contributed by atoms with Crippen molar-refractivity contribution in [3.8, 4) is 0 Å². The van der Waals surface area contributed by atoms with E-state index in [1.165, 1.54) is 13.0 Å². The minimum absolute atomic E-state index is 0.0915. The SMILES string of the molecule is CCNC(=O)C(C)OC(=O)c1cc(F)ccc1N. The summed E-state index contributed by atoms with van der Waals surface area (Å²) in [6, 6.07) is 3.38. The molecule has 18 heavy (non-hydrogen) atoms. The van der Waals surface area contributed by atoms with Crippen molar-refractivity contribution in [1.29, 1.82) is 0 Å². The van der Waals surface area contributed by atoms with Crippen molar-refractivity contribution in [3.63, 3.8) is 0 Å². The molecule has 0 aromatic heterocycles. The Labute approximate surface area is 104 Å². The second-order valence-corrected chi connectivity index (χ2v) is 3.67. The van der Waals surface area contributed by atoms with Gasteiger partial charge in [0.05, 0.1) is 5.56 Å². The molecule has 0 saturated heterocycles. The topological polar surface area (TPSA) is 81.4 Å². The van der Waals surface area contributed by atoms with Gasteiger partial charge in [-0.25, -0.2) is 9.18 Å². The number of nitrogen functional groups attached to an aromatic ring is 1. The molecular weight excluding hydrogens is 239 g/mol. The number of likely N-dealkylation sites (N-methyl/N-ethyl adjacent to an activating group) is 1. The second-order valence-electron chi connectivity index (χ2n) is 3.67. The van der Waals surface area contributed by atoms with E-state index in [4.69, 9.17) is 10.5 Å². The lowest BCUT2D eigenvalue weighted by Crippen LogP contribution is -2.35. The smallest absolute Gasteiger partial charge is 0.341 e. The lowest BCUT2D eigenvalue weighted by molar-refractivity contribution is -0.128. The van der Waals surface area contributed by atoms with Gasteiger partial charge < -0.3 is 15.8 Å². The molecule has 5 nitrogen and oxygen atoms in total. The third-order valence-electron chi connectivity index (χ3n) is 2.24. The van der Waals surface area contributed by atoms with Crippen LogP contribution in [0.1, 0.15) is 24.2 Å². The molecule has 0 aliphatic heterocycles. The molecule has 98 valence electrons. The van der Waals surface area contributed by atoms with Gasteiger partial charge in [0.2, 0.25) is 0 Å². The number of amides is 1. The first-order valence-electron chi connectivity index (χ1n) is 5.49. The van der Waals surface area contributed by atoms with Gasteiger partial charge in [0, 0.05) is 12.2 Å². The third-order valence-corrected chi connectivity index (χ3v) is 2.24. The predicted molar refractivity (Wildman–Crippen MR) is 64.4 cm³/mol. The molecular formula is C12H15FN2O3. The Morgan fingerprint density at radius 3 is 2.78 bits per heavy atom. The van der Waals surface area contributed by atoms with Crippen LogP contribution in [0.25, 0.3) is 0 Å². The molecule has 0 spiro atoms. The van der Waals surface area contributed by atoms with Gasteiger partial charge in [-0.05, 0) is 32.0 Å². The van der Waals surface area contributed by atoms with Crippen molar-refractivity contribution in [2.75, 3.05) is 12.3 Å². The summed E-state index contributed by atoms with van der Waals surface area (Å²) in [5, 5.41) is 2.51. The average Bonchev–Trinajstić information content (AvgIpc) is 2.32. The van der Waals surface area contributed by atoms with Gasteiger partial charge in [-0.2, -0.15) is 0 Å². The number of esters is 1. The Bertz CT molecular complexity index is 463. The lowest BCUT2D eigenvalue weighted by atomic mass is 10.2. The van der Waals surface area contributed by atoms with E-state index in [0.717, 1.165) is 12.1 Å². The Balaban J connectivity index is 2.76. The van der Waals surface area contributed by atoms with Gasteiger partial charge in [0.25, 0.3) is 5.91 Å². The highest BCUT2D eigenvalue weighted by atomic mass is 19.1. The van der Waals surface area contributed by atoms with E-state index in [0.29, 0.717) is 6.54 Å². The first kappa shape index (κ1) is 14.0. The molecule has 1 aromatic carbocycles. The summed E-state index contributed by atoms with van der Waals surface area (Å²) in [6.07, 6.45) is -0.958. The summed E-state index contributed by atoms with van der Waals surface area (Å²) >= 11 is 0. The van der Waals surface area contributed by atoms with Crippen LogP contribution >= 0.6 is 0 Å². The van der Waals surface area contributed by atoms with Crippen LogP contribution in [0.4, 0.5) is 10.1 Å². The second kappa shape index (κ2) is 6.00. The summed E-state index contributed by atoms with van der Waals surface area (Å²) in [5.41, 5.74) is 5.54. The van der Waals surface area contributed by atoms with Crippen LogP contribution < -0.4 is 11.1 Å². The van der Waals surface area contributed by atoms with Gasteiger partial charge >= 0.3 is 5.97 Å². The van der Waals surface area contributed by atoms with Gasteiger partial charge in [-0.3, -0.25) is 4.79 Å². The largest absolute Gasteiger partial charge is 0.449 e. The zero-order chi connectivity index (χ0) is 13.7. The fraction of sp³-hybridized carbons (Fsp3) is 0.333. The van der Waals surface area contributed by atoms with E-state index >= 15 is 0 Å². The normalized spacial score (nSPS) is 11.7. The van der Waals surface area contributed by atoms with Crippen LogP contribution in [0.3, 0.4) is 0 Å². The predicted octanol–water partition coefficient (Wildman–Crippen LogP) is 1.09. The first-order valence-corrected chi connectivity index (χ1v) is 5.49. The first-order chi connectivity index (χ1) is 8.45. The summed E-state index contributed by atoms with van der Waals surface area (Å²) in [4.78, 5) is 23.1. The Kier molecular flexibility index (Phi) is 4.65. The van der Waals surface area contributed by atoms with Crippen LogP contribution in [0.5, 0.6) is 0 Å². The molecule has 0 aliphatic carbocycles. The van der Waals surface area contributed by atoms with E-state index in [-0.39, 0.29) is 11.3 Å². The van der Waals surface area contributed by atoms with Crippen LogP contribution in [0.15, 0.2) is 18.2 Å². The van der Waals surface area contributed by atoms with Gasteiger partial charge in [-0.15, -0.1) is 0 Å². The number of halogens is 1. The van der Waals surface area contributed by atoms with Crippen molar-refractivity contribution >= 4 is 17.6 Å². The van der Waals surface area contributed by atoms with Crippen molar-refractivity contribution < 1.29 is 18.7 Å². The minimum atomic E-state index is -0.958. The Morgan fingerprint density at radius 1 is 1.50 bits per heavy atom. The molecule has 1 atom stereocenters. The van der Waals surface area contributed by atoms with Crippen LogP contribution in [0, 0.1) is 5.82 Å². The fourth-order valence-electron chi connectivity index (χ4n) is 1.30. The number of ether oxygens (including phenoxy) is 1. The number of benzene rings is 1. The van der Waals surface area contributed by atoms with Crippen LogP contribution in [-0.4, -0.2) is 24.5 Å². The van der Waals surface area contributed by atoms with E-state index < -0.39 is 23.8 Å². The van der Waals surface area contributed by atoms with Gasteiger partial charge in [0.15, 0.2) is 6.10 Å². The number of anilines is 1. The van der Waals surface area contributed by atoms with Crippen molar-refractivity contribution in [2.45, 2.75) is 20.0 Å². The third kappa shape index (κ3) is 3.44. The quantitative estimate of drug-likeness (QED) is 0.622. The molecule has 1 unspecified atom stereocenters. The van der Waals surface area contributed by atoms with E-state index in [1.54, 1.807) is 6.92 Å². The molecule has 0 heterocycles. The fourth-order valence-corrected chi connectivity index (χ4v) is 1.30. The van der Waals surface area contributed by atoms with Crippen molar-refractivity contribution in [2.24, 2.45) is 0 Å². The number of hydrogen-bond acceptors (Lipinski definition) is 4. The van der Waals surface area contributed by atoms with Gasteiger partial charge in [-0.1, -0.05) is 0 Å². The maximum atomic E-state index is 13.0.